The van der Waals surface area contributed by atoms with Gasteiger partial charge in [-0.05, 0) is 49.2 Å². The number of rotatable bonds is 3. The van der Waals surface area contributed by atoms with E-state index in [1.54, 1.807) is 0 Å². The van der Waals surface area contributed by atoms with Crippen molar-refractivity contribution in [2.45, 2.75) is 26.4 Å². The standard InChI is InChI=1S/C14H15BrO2/c1-3-12(16)14-7-6-13(17-14)11-5-4-10(15)8-9(11)2/h4-8,12,16H,3H2,1-2H3. The topological polar surface area (TPSA) is 33.4 Å². The van der Waals surface area contributed by atoms with E-state index in [4.69, 9.17) is 4.42 Å². The SMILES string of the molecule is CCC(O)c1ccc(-c2ccc(Br)cc2C)o1. The summed E-state index contributed by atoms with van der Waals surface area (Å²) in [6.45, 7) is 3.97. The first-order chi connectivity index (χ1) is 8.11. The van der Waals surface area contributed by atoms with Crippen LogP contribution in [0.25, 0.3) is 11.3 Å². The lowest BCUT2D eigenvalue weighted by atomic mass is 10.1. The minimum Gasteiger partial charge on any atom is -0.458 e. The van der Waals surface area contributed by atoms with Crippen molar-refractivity contribution in [1.29, 1.82) is 0 Å². The Bertz CT molecular complexity index is 517. The predicted molar refractivity (Wildman–Crippen MR) is 71.8 cm³/mol. The highest BCUT2D eigenvalue weighted by Crippen LogP contribution is 2.30. The number of benzene rings is 1. The van der Waals surface area contributed by atoms with E-state index in [0.717, 1.165) is 21.4 Å². The van der Waals surface area contributed by atoms with Crippen LogP contribution in [0.2, 0.25) is 0 Å². The molecule has 1 aromatic carbocycles. The summed E-state index contributed by atoms with van der Waals surface area (Å²) >= 11 is 3.44. The van der Waals surface area contributed by atoms with Crippen molar-refractivity contribution in [3.05, 3.63) is 46.1 Å². The van der Waals surface area contributed by atoms with E-state index in [-0.39, 0.29) is 0 Å². The summed E-state index contributed by atoms with van der Waals surface area (Å²) in [5.41, 5.74) is 2.20. The summed E-state index contributed by atoms with van der Waals surface area (Å²) < 4.78 is 6.73. The first-order valence-electron chi connectivity index (χ1n) is 5.66. The molecule has 0 saturated heterocycles. The van der Waals surface area contributed by atoms with Gasteiger partial charge in [-0.25, -0.2) is 0 Å². The van der Waals surface area contributed by atoms with Gasteiger partial charge in [0.15, 0.2) is 0 Å². The average molecular weight is 295 g/mol. The third kappa shape index (κ3) is 2.61. The summed E-state index contributed by atoms with van der Waals surface area (Å²) in [5.74, 6) is 1.43. The zero-order chi connectivity index (χ0) is 12.4. The maximum atomic E-state index is 9.70. The number of aliphatic hydroxyl groups is 1. The fourth-order valence-electron chi connectivity index (χ4n) is 1.78. The molecule has 0 radical (unpaired) electrons. The van der Waals surface area contributed by atoms with Crippen LogP contribution in [0.5, 0.6) is 0 Å². The van der Waals surface area contributed by atoms with Crippen LogP contribution in [-0.4, -0.2) is 5.11 Å². The fraction of sp³-hybridized carbons (Fsp3) is 0.286. The second-order valence-corrected chi connectivity index (χ2v) is 5.00. The Labute approximate surface area is 109 Å². The third-order valence-corrected chi connectivity index (χ3v) is 3.29. The van der Waals surface area contributed by atoms with Gasteiger partial charge in [0.25, 0.3) is 0 Å². The minimum absolute atomic E-state index is 0.514. The molecule has 1 N–H and O–H groups in total. The summed E-state index contributed by atoms with van der Waals surface area (Å²) in [6.07, 6.45) is 0.145. The largest absolute Gasteiger partial charge is 0.458 e. The molecule has 2 aromatic rings. The Kier molecular flexibility index (Phi) is 3.69. The van der Waals surface area contributed by atoms with Gasteiger partial charge < -0.3 is 9.52 Å². The summed E-state index contributed by atoms with van der Waals surface area (Å²) in [7, 11) is 0. The van der Waals surface area contributed by atoms with Gasteiger partial charge >= 0.3 is 0 Å². The van der Waals surface area contributed by atoms with Crippen molar-refractivity contribution >= 4 is 15.9 Å². The molecule has 1 heterocycles. The first kappa shape index (κ1) is 12.4. The number of aliphatic hydroxyl groups excluding tert-OH is 1. The lowest BCUT2D eigenvalue weighted by Gasteiger charge is -2.05. The molecular weight excluding hydrogens is 280 g/mol. The normalized spacial score (nSPS) is 12.7. The molecule has 1 atom stereocenters. The van der Waals surface area contributed by atoms with Crippen molar-refractivity contribution in [3.8, 4) is 11.3 Å². The molecular formula is C14H15BrO2. The van der Waals surface area contributed by atoms with E-state index >= 15 is 0 Å². The highest BCUT2D eigenvalue weighted by Gasteiger charge is 2.12. The zero-order valence-corrected chi connectivity index (χ0v) is 11.5. The van der Waals surface area contributed by atoms with Crippen LogP contribution in [0.4, 0.5) is 0 Å². The van der Waals surface area contributed by atoms with Gasteiger partial charge in [0.05, 0.1) is 0 Å². The van der Waals surface area contributed by atoms with Crippen LogP contribution >= 0.6 is 15.9 Å². The molecule has 0 aliphatic rings. The summed E-state index contributed by atoms with van der Waals surface area (Å²) in [4.78, 5) is 0. The number of halogens is 1. The van der Waals surface area contributed by atoms with Crippen molar-refractivity contribution in [2.24, 2.45) is 0 Å². The molecule has 0 saturated carbocycles. The van der Waals surface area contributed by atoms with Crippen LogP contribution in [0, 0.1) is 6.92 Å². The van der Waals surface area contributed by atoms with E-state index in [9.17, 15) is 5.11 Å². The van der Waals surface area contributed by atoms with E-state index in [2.05, 4.69) is 15.9 Å². The van der Waals surface area contributed by atoms with Gasteiger partial charge in [0.1, 0.15) is 17.6 Å². The molecule has 17 heavy (non-hydrogen) atoms. The second kappa shape index (κ2) is 5.07. The van der Waals surface area contributed by atoms with Gasteiger partial charge in [-0.1, -0.05) is 22.9 Å². The van der Waals surface area contributed by atoms with Gasteiger partial charge in [0.2, 0.25) is 0 Å². The monoisotopic (exact) mass is 294 g/mol. The Morgan fingerprint density at radius 3 is 2.71 bits per heavy atom. The number of hydrogen-bond acceptors (Lipinski definition) is 2. The van der Waals surface area contributed by atoms with E-state index < -0.39 is 6.10 Å². The Balaban J connectivity index is 2.37. The molecule has 2 rings (SSSR count). The molecule has 90 valence electrons. The minimum atomic E-state index is -0.514. The lowest BCUT2D eigenvalue weighted by molar-refractivity contribution is 0.147. The zero-order valence-electron chi connectivity index (χ0n) is 9.90. The molecule has 0 aliphatic heterocycles. The van der Waals surface area contributed by atoms with E-state index in [0.29, 0.717) is 12.2 Å². The van der Waals surface area contributed by atoms with Gasteiger partial charge in [-0.3, -0.25) is 0 Å². The van der Waals surface area contributed by atoms with Crippen LogP contribution < -0.4 is 0 Å². The number of hydrogen-bond donors (Lipinski definition) is 1. The third-order valence-electron chi connectivity index (χ3n) is 2.80. The molecule has 0 amide bonds. The second-order valence-electron chi connectivity index (χ2n) is 4.09. The maximum Gasteiger partial charge on any atom is 0.134 e. The highest BCUT2D eigenvalue weighted by molar-refractivity contribution is 9.10. The van der Waals surface area contributed by atoms with Crippen molar-refractivity contribution in [3.63, 3.8) is 0 Å². The molecule has 3 heteroatoms. The maximum absolute atomic E-state index is 9.70. The van der Waals surface area contributed by atoms with Crippen LogP contribution in [0.15, 0.2) is 39.2 Å². The molecule has 1 aromatic heterocycles. The molecule has 0 bridgehead atoms. The first-order valence-corrected chi connectivity index (χ1v) is 6.45. The highest BCUT2D eigenvalue weighted by atomic mass is 79.9. The Morgan fingerprint density at radius 1 is 1.29 bits per heavy atom. The number of furan rings is 1. The molecule has 0 aliphatic carbocycles. The van der Waals surface area contributed by atoms with Gasteiger partial charge in [-0.15, -0.1) is 0 Å². The van der Waals surface area contributed by atoms with Crippen molar-refractivity contribution < 1.29 is 9.52 Å². The van der Waals surface area contributed by atoms with Gasteiger partial charge in [0, 0.05) is 10.0 Å². The Hall–Kier alpha value is -1.06. The van der Waals surface area contributed by atoms with Crippen LogP contribution in [0.3, 0.4) is 0 Å². The molecule has 2 nitrogen and oxygen atoms in total. The predicted octanol–water partition coefficient (Wildman–Crippen LogP) is 4.46. The average Bonchev–Trinajstić information content (AvgIpc) is 2.77. The summed E-state index contributed by atoms with van der Waals surface area (Å²) in [6, 6.07) is 9.80. The molecule has 0 spiro atoms. The quantitative estimate of drug-likeness (QED) is 0.906. The fourth-order valence-corrected chi connectivity index (χ4v) is 2.26. The van der Waals surface area contributed by atoms with E-state index in [1.807, 2.05) is 44.2 Å². The van der Waals surface area contributed by atoms with Crippen LogP contribution in [-0.2, 0) is 0 Å². The van der Waals surface area contributed by atoms with Crippen molar-refractivity contribution in [2.75, 3.05) is 0 Å². The van der Waals surface area contributed by atoms with E-state index in [1.165, 1.54) is 0 Å². The smallest absolute Gasteiger partial charge is 0.134 e. The summed E-state index contributed by atoms with van der Waals surface area (Å²) in [5, 5.41) is 9.70. The van der Waals surface area contributed by atoms with Gasteiger partial charge in [-0.2, -0.15) is 0 Å². The Morgan fingerprint density at radius 2 is 2.06 bits per heavy atom. The van der Waals surface area contributed by atoms with Crippen LogP contribution in [0.1, 0.15) is 30.8 Å². The number of aryl methyl sites for hydroxylation is 1. The van der Waals surface area contributed by atoms with Crippen molar-refractivity contribution in [1.82, 2.24) is 0 Å². The lowest BCUT2D eigenvalue weighted by Crippen LogP contribution is -1.91. The molecule has 0 fully saturated rings. The molecule has 1 unspecified atom stereocenters.